The van der Waals surface area contributed by atoms with Gasteiger partial charge in [-0.05, 0) is 18.2 Å². The Hall–Kier alpha value is -2.56. The lowest BCUT2D eigenvalue weighted by atomic mass is 10.1. The number of amides is 1. The van der Waals surface area contributed by atoms with Crippen molar-refractivity contribution in [3.05, 3.63) is 29.3 Å². The summed E-state index contributed by atoms with van der Waals surface area (Å²) in [5.74, 6) is 0.367. The number of nitriles is 1. The normalized spacial score (nSPS) is 18.4. The minimum Gasteiger partial charge on any atom is -0.496 e. The molecule has 26 heavy (non-hydrogen) atoms. The van der Waals surface area contributed by atoms with Gasteiger partial charge in [-0.1, -0.05) is 0 Å². The summed E-state index contributed by atoms with van der Waals surface area (Å²) in [5, 5.41) is 9.45. The summed E-state index contributed by atoms with van der Waals surface area (Å²) in [6.07, 6.45) is 1.60. The van der Waals surface area contributed by atoms with Gasteiger partial charge in [0.05, 0.1) is 33.5 Å². The van der Waals surface area contributed by atoms with Crippen molar-refractivity contribution < 1.29 is 19.0 Å². The number of hydrogen-bond acceptors (Lipinski definition) is 6. The molecule has 3 rings (SSSR count). The zero-order chi connectivity index (χ0) is 18.4. The molecule has 2 fully saturated rings. The van der Waals surface area contributed by atoms with E-state index in [4.69, 9.17) is 14.2 Å². The van der Waals surface area contributed by atoms with Gasteiger partial charge in [-0.2, -0.15) is 5.26 Å². The molecule has 2 heterocycles. The van der Waals surface area contributed by atoms with Gasteiger partial charge in [-0.3, -0.25) is 4.79 Å². The summed E-state index contributed by atoms with van der Waals surface area (Å²) in [5.41, 5.74) is 1.85. The van der Waals surface area contributed by atoms with Gasteiger partial charge in [-0.25, -0.2) is 0 Å². The van der Waals surface area contributed by atoms with Crippen LogP contribution in [0.3, 0.4) is 0 Å². The SMILES string of the molecule is COc1cc(N2CCOCC2)ccc1/C=C(/C#N)C(=O)N1CCOCC1. The second kappa shape index (κ2) is 8.70. The predicted octanol–water partition coefficient (Wildman–Crippen LogP) is 1.30. The van der Waals surface area contributed by atoms with Gasteiger partial charge >= 0.3 is 0 Å². The van der Waals surface area contributed by atoms with Crippen molar-refractivity contribution in [2.45, 2.75) is 0 Å². The minimum absolute atomic E-state index is 0.101. The van der Waals surface area contributed by atoms with Crippen LogP contribution in [-0.2, 0) is 14.3 Å². The number of anilines is 1. The number of nitrogens with zero attached hydrogens (tertiary/aromatic N) is 3. The smallest absolute Gasteiger partial charge is 0.264 e. The maximum absolute atomic E-state index is 12.6. The molecule has 2 saturated heterocycles. The van der Waals surface area contributed by atoms with Gasteiger partial charge in [-0.15, -0.1) is 0 Å². The third-order valence-electron chi connectivity index (χ3n) is 4.54. The standard InChI is InChI=1S/C19H23N3O4/c1-24-18-13-17(21-4-8-25-9-5-21)3-2-15(18)12-16(14-20)19(23)22-6-10-26-11-7-22/h2-3,12-13H,4-11H2,1H3/b16-12-. The molecule has 7 nitrogen and oxygen atoms in total. The zero-order valence-corrected chi connectivity index (χ0v) is 14.9. The molecule has 0 saturated carbocycles. The van der Waals surface area contributed by atoms with Crippen molar-refractivity contribution in [2.75, 3.05) is 64.6 Å². The number of ether oxygens (including phenoxy) is 3. The molecule has 0 aliphatic carbocycles. The summed E-state index contributed by atoms with van der Waals surface area (Å²) in [6.45, 7) is 5.09. The van der Waals surface area contributed by atoms with Crippen LogP contribution in [0, 0.1) is 11.3 Å². The van der Waals surface area contributed by atoms with E-state index in [-0.39, 0.29) is 11.5 Å². The molecule has 1 aromatic rings. The molecular formula is C19H23N3O4. The first-order valence-corrected chi connectivity index (χ1v) is 8.72. The maximum atomic E-state index is 12.6. The second-order valence-electron chi connectivity index (χ2n) is 6.10. The molecule has 1 aromatic carbocycles. The Balaban J connectivity index is 1.83. The highest BCUT2D eigenvalue weighted by Gasteiger charge is 2.21. The lowest BCUT2D eigenvalue weighted by Crippen LogP contribution is -2.41. The van der Waals surface area contributed by atoms with Crippen LogP contribution >= 0.6 is 0 Å². The van der Waals surface area contributed by atoms with Crippen LogP contribution in [0.25, 0.3) is 6.08 Å². The fourth-order valence-corrected chi connectivity index (χ4v) is 3.07. The monoisotopic (exact) mass is 357 g/mol. The molecule has 0 N–H and O–H groups in total. The lowest BCUT2D eigenvalue weighted by molar-refractivity contribution is -0.130. The Kier molecular flexibility index (Phi) is 6.10. The Bertz CT molecular complexity index is 714. The van der Waals surface area contributed by atoms with Crippen LogP contribution in [-0.4, -0.2) is 70.5 Å². The van der Waals surface area contributed by atoms with Crippen LogP contribution in [0.5, 0.6) is 5.75 Å². The van der Waals surface area contributed by atoms with Crippen molar-refractivity contribution >= 4 is 17.7 Å². The summed E-state index contributed by atoms with van der Waals surface area (Å²) < 4.78 is 16.1. The van der Waals surface area contributed by atoms with E-state index < -0.39 is 0 Å². The van der Waals surface area contributed by atoms with E-state index in [9.17, 15) is 10.1 Å². The third kappa shape index (κ3) is 4.15. The highest BCUT2D eigenvalue weighted by molar-refractivity contribution is 6.02. The molecule has 0 spiro atoms. The van der Waals surface area contributed by atoms with Gasteiger partial charge in [0.1, 0.15) is 17.4 Å². The number of morpholine rings is 2. The molecule has 0 unspecified atom stereocenters. The van der Waals surface area contributed by atoms with Gasteiger partial charge in [0, 0.05) is 43.5 Å². The van der Waals surface area contributed by atoms with Crippen molar-refractivity contribution in [3.63, 3.8) is 0 Å². The first-order valence-electron chi connectivity index (χ1n) is 8.72. The first kappa shape index (κ1) is 18.2. The number of benzene rings is 1. The molecular weight excluding hydrogens is 334 g/mol. The Morgan fingerprint density at radius 2 is 1.81 bits per heavy atom. The number of carbonyl (C=O) groups excluding carboxylic acids is 1. The first-order chi connectivity index (χ1) is 12.7. The molecule has 1 amide bonds. The van der Waals surface area contributed by atoms with Crippen LogP contribution in [0.1, 0.15) is 5.56 Å². The summed E-state index contributed by atoms with van der Waals surface area (Å²) in [7, 11) is 1.59. The summed E-state index contributed by atoms with van der Waals surface area (Å²) in [4.78, 5) is 16.4. The quantitative estimate of drug-likeness (QED) is 0.597. The van der Waals surface area contributed by atoms with E-state index in [2.05, 4.69) is 4.90 Å². The third-order valence-corrected chi connectivity index (χ3v) is 4.54. The van der Waals surface area contributed by atoms with Gasteiger partial charge in [0.2, 0.25) is 0 Å². The van der Waals surface area contributed by atoms with Crippen LogP contribution in [0.4, 0.5) is 5.69 Å². The molecule has 2 aliphatic rings. The van der Waals surface area contributed by atoms with Crippen molar-refractivity contribution in [3.8, 4) is 11.8 Å². The van der Waals surface area contributed by atoms with Crippen LogP contribution in [0.15, 0.2) is 23.8 Å². The average molecular weight is 357 g/mol. The topological polar surface area (TPSA) is 75.0 Å². The lowest BCUT2D eigenvalue weighted by Gasteiger charge is -2.29. The van der Waals surface area contributed by atoms with E-state index in [1.165, 1.54) is 0 Å². The molecule has 7 heteroatoms. The van der Waals surface area contributed by atoms with E-state index >= 15 is 0 Å². The van der Waals surface area contributed by atoms with Gasteiger partial charge in [0.25, 0.3) is 5.91 Å². The highest BCUT2D eigenvalue weighted by atomic mass is 16.5. The number of hydrogen-bond donors (Lipinski definition) is 0. The number of methoxy groups -OCH3 is 1. The van der Waals surface area contributed by atoms with E-state index in [0.717, 1.165) is 18.8 Å². The predicted molar refractivity (Wildman–Crippen MR) is 97.0 cm³/mol. The van der Waals surface area contributed by atoms with Crippen LogP contribution < -0.4 is 9.64 Å². The van der Waals surface area contributed by atoms with E-state index in [0.29, 0.717) is 50.8 Å². The Labute approximate surface area is 153 Å². The van der Waals surface area contributed by atoms with Crippen molar-refractivity contribution in [2.24, 2.45) is 0 Å². The number of rotatable bonds is 4. The fourth-order valence-electron chi connectivity index (χ4n) is 3.07. The molecule has 2 aliphatic heterocycles. The maximum Gasteiger partial charge on any atom is 0.264 e. The Morgan fingerprint density at radius 1 is 1.15 bits per heavy atom. The van der Waals surface area contributed by atoms with E-state index in [1.807, 2.05) is 24.3 Å². The highest BCUT2D eigenvalue weighted by Crippen LogP contribution is 2.28. The minimum atomic E-state index is -0.268. The summed E-state index contributed by atoms with van der Waals surface area (Å²) >= 11 is 0. The van der Waals surface area contributed by atoms with Crippen molar-refractivity contribution in [1.82, 2.24) is 4.90 Å². The van der Waals surface area contributed by atoms with Gasteiger partial charge < -0.3 is 24.0 Å². The molecule has 0 aromatic heterocycles. The number of carbonyl (C=O) groups is 1. The van der Waals surface area contributed by atoms with E-state index in [1.54, 1.807) is 18.1 Å². The second-order valence-corrected chi connectivity index (χ2v) is 6.10. The Morgan fingerprint density at radius 3 is 2.42 bits per heavy atom. The van der Waals surface area contributed by atoms with Gasteiger partial charge in [0.15, 0.2) is 0 Å². The molecule has 0 bridgehead atoms. The van der Waals surface area contributed by atoms with Crippen LogP contribution in [0.2, 0.25) is 0 Å². The average Bonchev–Trinajstić information content (AvgIpc) is 2.72. The van der Waals surface area contributed by atoms with Crippen molar-refractivity contribution in [1.29, 1.82) is 5.26 Å². The molecule has 0 atom stereocenters. The molecule has 0 radical (unpaired) electrons. The molecule has 138 valence electrons. The largest absolute Gasteiger partial charge is 0.496 e. The summed E-state index contributed by atoms with van der Waals surface area (Å²) in [6, 6.07) is 7.82. The zero-order valence-electron chi connectivity index (χ0n) is 14.9. The fraction of sp³-hybridized carbons (Fsp3) is 0.474.